The van der Waals surface area contributed by atoms with Crippen molar-refractivity contribution in [3.63, 3.8) is 0 Å². The van der Waals surface area contributed by atoms with Gasteiger partial charge in [0.1, 0.15) is 5.69 Å². The van der Waals surface area contributed by atoms with Crippen molar-refractivity contribution in [2.75, 3.05) is 5.73 Å². The number of anilines is 1. The van der Waals surface area contributed by atoms with Gasteiger partial charge in [0, 0.05) is 12.7 Å². The molecule has 1 unspecified atom stereocenters. The Morgan fingerprint density at radius 1 is 1.30 bits per heavy atom. The van der Waals surface area contributed by atoms with Crippen molar-refractivity contribution in [3.05, 3.63) is 18.0 Å². The number of aryl methyl sites for hydroxylation is 1. The topological polar surface area (TPSA) is 57.2 Å². The molecule has 0 aliphatic carbocycles. The lowest BCUT2D eigenvalue weighted by Crippen LogP contribution is -2.18. The molecule has 4 nitrogen and oxygen atoms in total. The Bertz CT molecular complexity index is 413. The fourth-order valence-corrected chi connectivity index (χ4v) is 2.29. The number of esters is 1. The van der Waals surface area contributed by atoms with Crippen molar-refractivity contribution in [1.82, 2.24) is 4.57 Å². The third-order valence-corrected chi connectivity index (χ3v) is 3.36. The van der Waals surface area contributed by atoms with Gasteiger partial charge in [0.2, 0.25) is 0 Å². The maximum Gasteiger partial charge on any atom is 0.355 e. The van der Waals surface area contributed by atoms with E-state index in [0.29, 0.717) is 11.4 Å². The summed E-state index contributed by atoms with van der Waals surface area (Å²) in [4.78, 5) is 12.2. The molecule has 0 saturated carbocycles. The van der Waals surface area contributed by atoms with E-state index in [2.05, 4.69) is 13.8 Å². The van der Waals surface area contributed by atoms with Gasteiger partial charge in [-0.2, -0.15) is 0 Å². The van der Waals surface area contributed by atoms with Crippen LogP contribution >= 0.6 is 0 Å². The molecule has 1 aromatic heterocycles. The summed E-state index contributed by atoms with van der Waals surface area (Å²) in [5.41, 5.74) is 6.94. The van der Waals surface area contributed by atoms with Gasteiger partial charge in [0.25, 0.3) is 0 Å². The second-order valence-corrected chi connectivity index (χ2v) is 5.42. The molecule has 114 valence electrons. The van der Waals surface area contributed by atoms with E-state index < -0.39 is 0 Å². The van der Waals surface area contributed by atoms with Gasteiger partial charge in [-0.3, -0.25) is 0 Å². The fourth-order valence-electron chi connectivity index (χ4n) is 2.29. The van der Waals surface area contributed by atoms with Crippen LogP contribution in [0.15, 0.2) is 12.3 Å². The molecule has 1 heterocycles. The fraction of sp³-hybridized carbons (Fsp3) is 0.688. The Kier molecular flexibility index (Phi) is 7.20. The van der Waals surface area contributed by atoms with Gasteiger partial charge in [-0.05, 0) is 32.3 Å². The minimum atomic E-state index is -0.266. The van der Waals surface area contributed by atoms with Crippen LogP contribution in [-0.4, -0.2) is 16.6 Å². The van der Waals surface area contributed by atoms with E-state index in [1.807, 2.05) is 11.5 Å². The lowest BCUT2D eigenvalue weighted by Gasteiger charge is -2.14. The van der Waals surface area contributed by atoms with Crippen LogP contribution in [0.2, 0.25) is 0 Å². The quantitative estimate of drug-likeness (QED) is 0.549. The predicted molar refractivity (Wildman–Crippen MR) is 82.8 cm³/mol. The molecule has 0 aliphatic rings. The van der Waals surface area contributed by atoms with Gasteiger partial charge in [-0.25, -0.2) is 4.79 Å². The molecule has 0 radical (unpaired) electrons. The highest BCUT2D eigenvalue weighted by molar-refractivity contribution is 5.89. The van der Waals surface area contributed by atoms with E-state index in [1.54, 1.807) is 12.3 Å². The largest absolute Gasteiger partial charge is 0.458 e. The first-order valence-electron chi connectivity index (χ1n) is 7.75. The van der Waals surface area contributed by atoms with E-state index >= 15 is 0 Å². The van der Waals surface area contributed by atoms with Crippen LogP contribution in [0.25, 0.3) is 0 Å². The monoisotopic (exact) mass is 280 g/mol. The van der Waals surface area contributed by atoms with Crippen LogP contribution in [-0.2, 0) is 11.3 Å². The molecule has 1 rings (SSSR count). The van der Waals surface area contributed by atoms with Crippen molar-refractivity contribution < 1.29 is 9.53 Å². The third kappa shape index (κ3) is 5.27. The van der Waals surface area contributed by atoms with Crippen molar-refractivity contribution >= 4 is 11.7 Å². The van der Waals surface area contributed by atoms with Gasteiger partial charge in [-0.15, -0.1) is 0 Å². The molecule has 0 amide bonds. The summed E-state index contributed by atoms with van der Waals surface area (Å²) in [5, 5.41) is 0. The van der Waals surface area contributed by atoms with E-state index in [4.69, 9.17) is 10.5 Å². The summed E-state index contributed by atoms with van der Waals surface area (Å²) in [6, 6.07) is 1.70. The van der Waals surface area contributed by atoms with Crippen molar-refractivity contribution in [1.29, 1.82) is 0 Å². The molecule has 0 aromatic carbocycles. The Morgan fingerprint density at radius 3 is 2.70 bits per heavy atom. The molecule has 4 heteroatoms. The van der Waals surface area contributed by atoms with Gasteiger partial charge in [-0.1, -0.05) is 33.1 Å². The number of carbonyl (C=O) groups excluding carboxylic acids is 1. The van der Waals surface area contributed by atoms with Gasteiger partial charge < -0.3 is 15.0 Å². The number of rotatable bonds is 9. The predicted octanol–water partition coefficient (Wildman–Crippen LogP) is 4.00. The first kappa shape index (κ1) is 16.6. The number of hydrogen-bond acceptors (Lipinski definition) is 3. The van der Waals surface area contributed by atoms with Crippen LogP contribution in [0.5, 0.6) is 0 Å². The maximum atomic E-state index is 12.2. The molecule has 0 aliphatic heterocycles. The smallest absolute Gasteiger partial charge is 0.355 e. The molecule has 2 N–H and O–H groups in total. The maximum absolute atomic E-state index is 12.2. The molecular weight excluding hydrogens is 252 g/mol. The van der Waals surface area contributed by atoms with Crippen LogP contribution < -0.4 is 5.73 Å². The first-order chi connectivity index (χ1) is 9.58. The number of nitrogens with two attached hydrogens (primary N) is 1. The van der Waals surface area contributed by atoms with Crippen LogP contribution in [0, 0.1) is 0 Å². The number of carbonyl (C=O) groups is 1. The summed E-state index contributed by atoms with van der Waals surface area (Å²) in [6.07, 6.45) is 8.43. The zero-order valence-electron chi connectivity index (χ0n) is 13.0. The third-order valence-electron chi connectivity index (χ3n) is 3.36. The van der Waals surface area contributed by atoms with Crippen molar-refractivity contribution in [3.8, 4) is 0 Å². The minimum absolute atomic E-state index is 0.0365. The SMILES string of the molecule is CCCCCCC(C)OC(=O)c1cc(N)cn1CCC. The summed E-state index contributed by atoms with van der Waals surface area (Å²) in [5.74, 6) is -0.266. The molecule has 1 aromatic rings. The molecule has 0 bridgehead atoms. The Morgan fingerprint density at radius 2 is 2.05 bits per heavy atom. The van der Waals surface area contributed by atoms with Crippen LogP contribution in [0.4, 0.5) is 5.69 Å². The number of hydrogen-bond donors (Lipinski definition) is 1. The summed E-state index contributed by atoms with van der Waals surface area (Å²) >= 11 is 0. The lowest BCUT2D eigenvalue weighted by atomic mass is 10.1. The Labute approximate surface area is 122 Å². The number of nitrogens with zero attached hydrogens (tertiary/aromatic N) is 1. The lowest BCUT2D eigenvalue weighted by molar-refractivity contribution is 0.0307. The number of aromatic nitrogens is 1. The van der Waals surface area contributed by atoms with Gasteiger partial charge >= 0.3 is 5.97 Å². The summed E-state index contributed by atoms with van der Waals surface area (Å²) < 4.78 is 7.38. The second-order valence-electron chi connectivity index (χ2n) is 5.42. The highest BCUT2D eigenvalue weighted by atomic mass is 16.5. The second kappa shape index (κ2) is 8.67. The Balaban J connectivity index is 2.49. The van der Waals surface area contributed by atoms with Crippen molar-refractivity contribution in [2.45, 2.75) is 71.9 Å². The van der Waals surface area contributed by atoms with Gasteiger partial charge in [0.15, 0.2) is 0 Å². The number of nitrogen functional groups attached to an aromatic ring is 1. The Hall–Kier alpha value is -1.45. The highest BCUT2D eigenvalue weighted by Crippen LogP contribution is 2.15. The van der Waals surface area contributed by atoms with Crippen LogP contribution in [0.3, 0.4) is 0 Å². The van der Waals surface area contributed by atoms with Gasteiger partial charge in [0.05, 0.1) is 11.8 Å². The summed E-state index contributed by atoms with van der Waals surface area (Å²) in [7, 11) is 0. The molecule has 0 spiro atoms. The first-order valence-corrected chi connectivity index (χ1v) is 7.75. The van der Waals surface area contributed by atoms with E-state index in [9.17, 15) is 4.79 Å². The standard InChI is InChI=1S/C16H28N2O2/c1-4-6-7-8-9-13(3)20-16(19)15-11-14(17)12-18(15)10-5-2/h11-13H,4-10,17H2,1-3H3. The van der Waals surface area contributed by atoms with E-state index in [1.165, 1.54) is 19.3 Å². The van der Waals surface area contributed by atoms with Crippen LogP contribution in [0.1, 0.15) is 69.8 Å². The van der Waals surface area contributed by atoms with E-state index in [0.717, 1.165) is 25.8 Å². The molecule has 0 saturated heterocycles. The average molecular weight is 280 g/mol. The van der Waals surface area contributed by atoms with Crippen molar-refractivity contribution in [2.24, 2.45) is 0 Å². The van der Waals surface area contributed by atoms with E-state index in [-0.39, 0.29) is 12.1 Å². The number of ether oxygens (including phenoxy) is 1. The zero-order chi connectivity index (χ0) is 15.0. The molecule has 20 heavy (non-hydrogen) atoms. The molecular formula is C16H28N2O2. The summed E-state index contributed by atoms with van der Waals surface area (Å²) in [6.45, 7) is 7.00. The normalized spacial score (nSPS) is 12.3. The highest BCUT2D eigenvalue weighted by Gasteiger charge is 2.16. The number of unbranched alkanes of at least 4 members (excludes halogenated alkanes) is 3. The molecule has 0 fully saturated rings. The molecule has 1 atom stereocenters. The zero-order valence-corrected chi connectivity index (χ0v) is 13.0. The average Bonchev–Trinajstić information content (AvgIpc) is 2.76. The minimum Gasteiger partial charge on any atom is -0.458 e.